The SMILES string of the molecule is CNc1ncc(Br)cc1C(=O)Nc1cnccn1. The van der Waals surface area contributed by atoms with E-state index < -0.39 is 0 Å². The maximum Gasteiger partial charge on any atom is 0.260 e. The molecule has 0 aromatic carbocycles. The summed E-state index contributed by atoms with van der Waals surface area (Å²) in [7, 11) is 1.70. The second-order valence-corrected chi connectivity index (χ2v) is 4.26. The van der Waals surface area contributed by atoms with Crippen molar-refractivity contribution in [2.45, 2.75) is 0 Å². The number of halogens is 1. The maximum atomic E-state index is 12.1. The highest BCUT2D eigenvalue weighted by Gasteiger charge is 2.13. The van der Waals surface area contributed by atoms with Crippen molar-refractivity contribution in [2.24, 2.45) is 0 Å². The quantitative estimate of drug-likeness (QED) is 0.905. The third-order valence-corrected chi connectivity index (χ3v) is 2.57. The molecule has 0 bridgehead atoms. The molecule has 0 fully saturated rings. The molecule has 0 aliphatic heterocycles. The van der Waals surface area contributed by atoms with Gasteiger partial charge in [0.2, 0.25) is 0 Å². The van der Waals surface area contributed by atoms with Gasteiger partial charge in [0.15, 0.2) is 5.82 Å². The number of rotatable bonds is 3. The Kier molecular flexibility index (Phi) is 3.83. The fourth-order valence-electron chi connectivity index (χ4n) is 1.36. The Balaban J connectivity index is 2.26. The molecule has 1 amide bonds. The van der Waals surface area contributed by atoms with Gasteiger partial charge in [-0.2, -0.15) is 0 Å². The first kappa shape index (κ1) is 12.4. The van der Waals surface area contributed by atoms with Crippen molar-refractivity contribution in [1.29, 1.82) is 0 Å². The number of carbonyl (C=O) groups excluding carboxylic acids is 1. The van der Waals surface area contributed by atoms with E-state index in [2.05, 4.69) is 41.5 Å². The summed E-state index contributed by atoms with van der Waals surface area (Å²) >= 11 is 3.28. The molecule has 0 aliphatic rings. The Bertz CT molecular complexity index is 561. The van der Waals surface area contributed by atoms with Gasteiger partial charge in [0.05, 0.1) is 11.8 Å². The lowest BCUT2D eigenvalue weighted by Gasteiger charge is -2.08. The average Bonchev–Trinajstić information content (AvgIpc) is 2.40. The van der Waals surface area contributed by atoms with E-state index in [-0.39, 0.29) is 5.91 Å². The summed E-state index contributed by atoms with van der Waals surface area (Å²) in [5.41, 5.74) is 0.428. The fraction of sp³-hybridized carbons (Fsp3) is 0.0909. The van der Waals surface area contributed by atoms with Gasteiger partial charge in [-0.05, 0) is 22.0 Å². The van der Waals surface area contributed by atoms with Crippen molar-refractivity contribution in [3.05, 3.63) is 40.9 Å². The lowest BCUT2D eigenvalue weighted by atomic mass is 10.2. The van der Waals surface area contributed by atoms with E-state index in [9.17, 15) is 4.79 Å². The van der Waals surface area contributed by atoms with Crippen LogP contribution >= 0.6 is 15.9 Å². The summed E-state index contributed by atoms with van der Waals surface area (Å²) in [4.78, 5) is 24.0. The van der Waals surface area contributed by atoms with Crippen LogP contribution in [0.4, 0.5) is 11.6 Å². The Morgan fingerprint density at radius 2 is 2.11 bits per heavy atom. The minimum Gasteiger partial charge on any atom is -0.372 e. The van der Waals surface area contributed by atoms with E-state index in [4.69, 9.17) is 0 Å². The number of aromatic nitrogens is 3. The molecule has 0 atom stereocenters. The van der Waals surface area contributed by atoms with Gasteiger partial charge in [0.1, 0.15) is 5.82 Å². The molecule has 2 heterocycles. The van der Waals surface area contributed by atoms with E-state index in [0.29, 0.717) is 17.2 Å². The van der Waals surface area contributed by atoms with Crippen LogP contribution in [0, 0.1) is 0 Å². The van der Waals surface area contributed by atoms with Crippen molar-refractivity contribution in [2.75, 3.05) is 17.7 Å². The number of hydrogen-bond donors (Lipinski definition) is 2. The first-order valence-electron chi connectivity index (χ1n) is 5.11. The Hall–Kier alpha value is -2.02. The molecule has 0 saturated heterocycles. The molecule has 6 nitrogen and oxygen atoms in total. The zero-order chi connectivity index (χ0) is 13.0. The molecule has 2 N–H and O–H groups in total. The second kappa shape index (κ2) is 5.54. The Labute approximate surface area is 112 Å². The number of anilines is 2. The Morgan fingerprint density at radius 1 is 1.28 bits per heavy atom. The molecule has 18 heavy (non-hydrogen) atoms. The Morgan fingerprint density at radius 3 is 2.78 bits per heavy atom. The predicted octanol–water partition coefficient (Wildman–Crippen LogP) is 1.93. The highest BCUT2D eigenvalue weighted by atomic mass is 79.9. The number of amides is 1. The minimum absolute atomic E-state index is 0.298. The number of hydrogen-bond acceptors (Lipinski definition) is 5. The molecule has 0 radical (unpaired) electrons. The summed E-state index contributed by atoms with van der Waals surface area (Å²) in [6.45, 7) is 0. The number of carbonyl (C=O) groups is 1. The number of pyridine rings is 1. The first-order chi connectivity index (χ1) is 8.70. The molecule has 0 spiro atoms. The van der Waals surface area contributed by atoms with Gasteiger partial charge in [0.25, 0.3) is 5.91 Å². The van der Waals surface area contributed by atoms with Crippen LogP contribution in [0.3, 0.4) is 0 Å². The van der Waals surface area contributed by atoms with Crippen LogP contribution in [0.2, 0.25) is 0 Å². The normalized spacial score (nSPS) is 9.89. The second-order valence-electron chi connectivity index (χ2n) is 3.34. The number of nitrogens with one attached hydrogen (secondary N) is 2. The van der Waals surface area contributed by atoms with Gasteiger partial charge in [-0.1, -0.05) is 0 Å². The van der Waals surface area contributed by atoms with Crippen molar-refractivity contribution in [3.8, 4) is 0 Å². The van der Waals surface area contributed by atoms with E-state index in [1.54, 1.807) is 19.3 Å². The van der Waals surface area contributed by atoms with Crippen LogP contribution < -0.4 is 10.6 Å². The van der Waals surface area contributed by atoms with Crippen LogP contribution in [0.5, 0.6) is 0 Å². The summed E-state index contributed by atoms with van der Waals surface area (Å²) < 4.78 is 0.728. The molecular weight excluding hydrogens is 298 g/mol. The van der Waals surface area contributed by atoms with Crippen molar-refractivity contribution >= 4 is 33.5 Å². The first-order valence-corrected chi connectivity index (χ1v) is 5.90. The molecule has 0 unspecified atom stereocenters. The van der Waals surface area contributed by atoms with Gasteiger partial charge in [-0.3, -0.25) is 9.78 Å². The largest absolute Gasteiger partial charge is 0.372 e. The average molecular weight is 308 g/mol. The van der Waals surface area contributed by atoms with Gasteiger partial charge >= 0.3 is 0 Å². The highest BCUT2D eigenvalue weighted by Crippen LogP contribution is 2.18. The molecule has 2 aromatic rings. The van der Waals surface area contributed by atoms with E-state index in [0.717, 1.165) is 4.47 Å². The monoisotopic (exact) mass is 307 g/mol. The predicted molar refractivity (Wildman–Crippen MR) is 71.5 cm³/mol. The molecule has 0 aliphatic carbocycles. The van der Waals surface area contributed by atoms with Crippen LogP contribution in [0.25, 0.3) is 0 Å². The summed E-state index contributed by atoms with van der Waals surface area (Å²) in [6.07, 6.45) is 6.14. The van der Waals surface area contributed by atoms with Crippen LogP contribution in [0.1, 0.15) is 10.4 Å². The third kappa shape index (κ3) is 2.80. The maximum absolute atomic E-state index is 12.1. The standard InChI is InChI=1S/C11H10BrN5O/c1-13-10-8(4-7(12)5-16-10)11(18)17-9-6-14-2-3-15-9/h2-6H,1H3,(H,13,16)(H,15,17,18). The van der Waals surface area contributed by atoms with Gasteiger partial charge in [-0.15, -0.1) is 0 Å². The third-order valence-electron chi connectivity index (χ3n) is 2.14. The molecule has 2 rings (SSSR count). The highest BCUT2D eigenvalue weighted by molar-refractivity contribution is 9.10. The summed E-state index contributed by atoms with van der Waals surface area (Å²) in [6, 6.07) is 1.69. The van der Waals surface area contributed by atoms with Gasteiger partial charge in [-0.25, -0.2) is 9.97 Å². The zero-order valence-corrected chi connectivity index (χ0v) is 11.1. The smallest absolute Gasteiger partial charge is 0.260 e. The topological polar surface area (TPSA) is 79.8 Å². The van der Waals surface area contributed by atoms with Crippen molar-refractivity contribution < 1.29 is 4.79 Å². The van der Waals surface area contributed by atoms with Gasteiger partial charge in [0, 0.05) is 30.1 Å². The fourth-order valence-corrected chi connectivity index (χ4v) is 1.69. The van der Waals surface area contributed by atoms with Crippen molar-refractivity contribution in [3.63, 3.8) is 0 Å². The molecular formula is C11H10BrN5O. The molecule has 2 aromatic heterocycles. The van der Waals surface area contributed by atoms with Gasteiger partial charge < -0.3 is 10.6 Å². The van der Waals surface area contributed by atoms with E-state index in [1.807, 2.05) is 0 Å². The van der Waals surface area contributed by atoms with Crippen LogP contribution in [-0.4, -0.2) is 27.9 Å². The van der Waals surface area contributed by atoms with E-state index >= 15 is 0 Å². The summed E-state index contributed by atoms with van der Waals surface area (Å²) in [5, 5.41) is 5.51. The minimum atomic E-state index is -0.298. The molecule has 92 valence electrons. The molecule has 0 saturated carbocycles. The number of nitrogens with zero attached hydrogens (tertiary/aromatic N) is 3. The lowest BCUT2D eigenvalue weighted by Crippen LogP contribution is -2.15. The van der Waals surface area contributed by atoms with Crippen LogP contribution in [-0.2, 0) is 0 Å². The van der Waals surface area contributed by atoms with Crippen molar-refractivity contribution in [1.82, 2.24) is 15.0 Å². The summed E-state index contributed by atoms with van der Waals surface area (Å²) in [5.74, 6) is 0.595. The lowest BCUT2D eigenvalue weighted by molar-refractivity contribution is 0.102. The zero-order valence-electron chi connectivity index (χ0n) is 9.51. The molecule has 7 heteroatoms. The van der Waals surface area contributed by atoms with Crippen LogP contribution in [0.15, 0.2) is 35.3 Å². The van der Waals surface area contributed by atoms with E-state index in [1.165, 1.54) is 18.6 Å².